The molecule has 0 aromatic heterocycles. The van der Waals surface area contributed by atoms with Gasteiger partial charge >= 0.3 is 6.09 Å². The van der Waals surface area contributed by atoms with Crippen LogP contribution in [-0.4, -0.2) is 17.8 Å². The lowest BCUT2D eigenvalue weighted by Gasteiger charge is -2.20. The molecule has 0 aliphatic rings. The van der Waals surface area contributed by atoms with E-state index < -0.39 is 11.7 Å². The molecule has 0 aliphatic carbocycles. The maximum absolute atomic E-state index is 11.1. The van der Waals surface area contributed by atoms with Crippen molar-refractivity contribution < 1.29 is 14.4 Å². The molecule has 0 spiro atoms. The van der Waals surface area contributed by atoms with Gasteiger partial charge in [-0.25, -0.2) is 4.79 Å². The molecule has 4 nitrogen and oxygen atoms in total. The van der Waals surface area contributed by atoms with Crippen molar-refractivity contribution in [2.75, 3.05) is 0 Å². The van der Waals surface area contributed by atoms with Crippen molar-refractivity contribution in [3.63, 3.8) is 0 Å². The largest absolute Gasteiger partial charge is 0.442 e. The van der Waals surface area contributed by atoms with Gasteiger partial charge in [0.15, 0.2) is 0 Å². The van der Waals surface area contributed by atoms with Crippen LogP contribution in [-0.2, 0) is 9.57 Å². The normalized spacial score (nSPS) is 14.1. The average Bonchev–Trinajstić information content (AvgIpc) is 1.98. The first-order chi connectivity index (χ1) is 6.35. The van der Waals surface area contributed by atoms with Crippen molar-refractivity contribution in [3.8, 4) is 0 Å². The molecule has 1 atom stereocenters. The smallest absolute Gasteiger partial charge is 0.431 e. The van der Waals surface area contributed by atoms with Gasteiger partial charge in [-0.3, -0.25) is 4.84 Å². The zero-order valence-corrected chi connectivity index (χ0v) is 9.46. The Labute approximate surface area is 85.2 Å². The van der Waals surface area contributed by atoms with Gasteiger partial charge in [0.25, 0.3) is 0 Å². The standard InChI is InChI=1S/C10H19NO3/c1-6-7-8(2)14-11-9(12)13-10(3,4)5/h6-8H,1-5H3,(H,11,12). The summed E-state index contributed by atoms with van der Waals surface area (Å²) in [4.78, 5) is 16.1. The second-order valence-corrected chi connectivity index (χ2v) is 3.95. The Morgan fingerprint density at radius 1 is 1.43 bits per heavy atom. The predicted octanol–water partition coefficient (Wildman–Crippen LogP) is 2.41. The first-order valence-electron chi connectivity index (χ1n) is 4.62. The monoisotopic (exact) mass is 201 g/mol. The van der Waals surface area contributed by atoms with Gasteiger partial charge in [0, 0.05) is 0 Å². The molecule has 14 heavy (non-hydrogen) atoms. The van der Waals surface area contributed by atoms with Gasteiger partial charge in [0.2, 0.25) is 0 Å². The maximum Gasteiger partial charge on any atom is 0.431 e. The van der Waals surface area contributed by atoms with Gasteiger partial charge in [-0.2, -0.15) is 5.48 Å². The van der Waals surface area contributed by atoms with Crippen LogP contribution in [0.4, 0.5) is 4.79 Å². The van der Waals surface area contributed by atoms with Crippen molar-refractivity contribution in [1.29, 1.82) is 0 Å². The maximum atomic E-state index is 11.1. The minimum Gasteiger partial charge on any atom is -0.442 e. The Morgan fingerprint density at radius 3 is 2.43 bits per heavy atom. The Balaban J connectivity index is 3.75. The van der Waals surface area contributed by atoms with Crippen LogP contribution in [0.25, 0.3) is 0 Å². The topological polar surface area (TPSA) is 47.6 Å². The first kappa shape index (κ1) is 13.0. The van der Waals surface area contributed by atoms with Gasteiger partial charge in [0.05, 0.1) is 0 Å². The molecule has 1 unspecified atom stereocenters. The molecular formula is C10H19NO3. The molecule has 0 bridgehead atoms. The summed E-state index contributed by atoms with van der Waals surface area (Å²) >= 11 is 0. The lowest BCUT2D eigenvalue weighted by molar-refractivity contribution is -0.0223. The zero-order chi connectivity index (χ0) is 11.2. The summed E-state index contributed by atoms with van der Waals surface area (Å²) in [6.07, 6.45) is 2.93. The lowest BCUT2D eigenvalue weighted by Crippen LogP contribution is -2.34. The van der Waals surface area contributed by atoms with Crippen LogP contribution in [0.15, 0.2) is 12.2 Å². The number of ether oxygens (including phenoxy) is 1. The Bertz CT molecular complexity index is 206. The Morgan fingerprint density at radius 2 is 2.00 bits per heavy atom. The van der Waals surface area contributed by atoms with Crippen molar-refractivity contribution in [3.05, 3.63) is 12.2 Å². The second kappa shape index (κ2) is 5.65. The van der Waals surface area contributed by atoms with Crippen LogP contribution in [0, 0.1) is 0 Å². The van der Waals surface area contributed by atoms with Crippen LogP contribution >= 0.6 is 0 Å². The van der Waals surface area contributed by atoms with Gasteiger partial charge in [-0.05, 0) is 34.6 Å². The van der Waals surface area contributed by atoms with Crippen molar-refractivity contribution in [2.45, 2.75) is 46.3 Å². The number of nitrogens with one attached hydrogen (secondary N) is 1. The minimum atomic E-state index is -0.575. The molecule has 1 amide bonds. The fraction of sp³-hybridized carbons (Fsp3) is 0.700. The Kier molecular flexibility index (Phi) is 5.23. The van der Waals surface area contributed by atoms with E-state index in [9.17, 15) is 4.79 Å². The third-order valence-electron chi connectivity index (χ3n) is 1.19. The molecule has 0 rings (SSSR count). The van der Waals surface area contributed by atoms with Crippen LogP contribution in [0.5, 0.6) is 0 Å². The number of allylic oxidation sites excluding steroid dienone is 1. The van der Waals surface area contributed by atoms with E-state index in [0.717, 1.165) is 0 Å². The third-order valence-corrected chi connectivity index (χ3v) is 1.19. The highest BCUT2D eigenvalue weighted by Crippen LogP contribution is 2.06. The number of amides is 1. The molecule has 0 aromatic rings. The summed E-state index contributed by atoms with van der Waals surface area (Å²) < 4.78 is 4.97. The fourth-order valence-corrected chi connectivity index (χ4v) is 0.750. The summed E-state index contributed by atoms with van der Waals surface area (Å²) in [5, 5.41) is 0. The SMILES string of the molecule is CC=CC(C)ONC(=O)OC(C)(C)C. The van der Waals surface area contributed by atoms with Crippen LogP contribution in [0.3, 0.4) is 0 Å². The lowest BCUT2D eigenvalue weighted by atomic mass is 10.2. The van der Waals surface area contributed by atoms with E-state index in [1.807, 2.05) is 26.0 Å². The molecule has 0 aliphatic heterocycles. The molecule has 82 valence electrons. The van der Waals surface area contributed by atoms with Crippen molar-refractivity contribution >= 4 is 6.09 Å². The predicted molar refractivity (Wildman–Crippen MR) is 54.7 cm³/mol. The Hall–Kier alpha value is -1.03. The summed E-state index contributed by atoms with van der Waals surface area (Å²) in [6, 6.07) is 0. The van der Waals surface area contributed by atoms with E-state index in [0.29, 0.717) is 0 Å². The number of carbonyl (C=O) groups excluding carboxylic acids is 1. The molecule has 0 saturated carbocycles. The molecule has 0 fully saturated rings. The molecule has 4 heteroatoms. The van der Waals surface area contributed by atoms with E-state index in [2.05, 4.69) is 5.48 Å². The van der Waals surface area contributed by atoms with Crippen LogP contribution < -0.4 is 5.48 Å². The average molecular weight is 201 g/mol. The summed E-state index contributed by atoms with van der Waals surface area (Å²) in [7, 11) is 0. The van der Waals surface area contributed by atoms with Crippen LogP contribution in [0.2, 0.25) is 0 Å². The van der Waals surface area contributed by atoms with E-state index in [1.54, 1.807) is 20.8 Å². The molecule has 0 saturated heterocycles. The summed E-state index contributed by atoms with van der Waals surface area (Å²) in [6.45, 7) is 9.08. The number of carbonyl (C=O) groups is 1. The van der Waals surface area contributed by atoms with Gasteiger partial charge in [-0.1, -0.05) is 12.2 Å². The summed E-state index contributed by atoms with van der Waals surface area (Å²) in [5.41, 5.74) is 1.71. The number of hydrogen-bond acceptors (Lipinski definition) is 3. The molecular weight excluding hydrogens is 182 g/mol. The quantitative estimate of drug-likeness (QED) is 0.563. The minimum absolute atomic E-state index is 0.160. The van der Waals surface area contributed by atoms with Gasteiger partial charge in [0.1, 0.15) is 11.7 Å². The first-order valence-corrected chi connectivity index (χ1v) is 4.62. The van der Waals surface area contributed by atoms with Crippen molar-refractivity contribution in [2.24, 2.45) is 0 Å². The van der Waals surface area contributed by atoms with Crippen LogP contribution in [0.1, 0.15) is 34.6 Å². The highest BCUT2D eigenvalue weighted by Gasteiger charge is 2.16. The third kappa shape index (κ3) is 7.61. The summed E-state index contributed by atoms with van der Waals surface area (Å²) in [5.74, 6) is 0. The van der Waals surface area contributed by atoms with E-state index in [-0.39, 0.29) is 6.10 Å². The van der Waals surface area contributed by atoms with Gasteiger partial charge in [-0.15, -0.1) is 0 Å². The van der Waals surface area contributed by atoms with Gasteiger partial charge < -0.3 is 4.74 Å². The van der Waals surface area contributed by atoms with E-state index in [1.165, 1.54) is 0 Å². The van der Waals surface area contributed by atoms with E-state index in [4.69, 9.17) is 9.57 Å². The molecule has 0 aromatic carbocycles. The van der Waals surface area contributed by atoms with E-state index >= 15 is 0 Å². The fourth-order valence-electron chi connectivity index (χ4n) is 0.750. The number of hydrogen-bond donors (Lipinski definition) is 1. The highest BCUT2D eigenvalue weighted by molar-refractivity contribution is 5.66. The molecule has 0 heterocycles. The second-order valence-electron chi connectivity index (χ2n) is 3.95. The van der Waals surface area contributed by atoms with Crippen molar-refractivity contribution in [1.82, 2.24) is 5.48 Å². The highest BCUT2D eigenvalue weighted by atomic mass is 16.7. The number of hydroxylamine groups is 1. The molecule has 1 N–H and O–H groups in total. The number of rotatable bonds is 3. The zero-order valence-electron chi connectivity index (χ0n) is 9.46. The molecule has 0 radical (unpaired) electrons.